The van der Waals surface area contributed by atoms with Crippen molar-refractivity contribution in [3.63, 3.8) is 0 Å². The standard InChI is InChI=1S/C73H86BN3/c1-45-34-64-66-65(35-45)76(60-30-25-51(68(6,7)8)39-55(60)47-22-20-19-21-23-47)62-38-49-43-71(15,16)42-48(49)37-58(62)74(66)57-28-27-54(41-63(57)75(64)59-29-24-50(36-46(59)2)67(3,4)5)77-61-31-26-52(69(9,10)11)40-56(61)72(17)44-53(70(12,13)14)32-33-73(72,77)18/h19-31,34-41,53H,32-33,42-44H2,1-18H3. The minimum absolute atomic E-state index is 0.0142. The zero-order valence-corrected chi connectivity index (χ0v) is 50.2. The maximum absolute atomic E-state index is 2.83. The molecule has 1 fully saturated rings. The summed E-state index contributed by atoms with van der Waals surface area (Å²) in [5, 5.41) is 0. The lowest BCUT2D eigenvalue weighted by Crippen LogP contribution is -2.61. The van der Waals surface area contributed by atoms with Gasteiger partial charge in [0.2, 0.25) is 0 Å². The Kier molecular flexibility index (Phi) is 11.4. The number of fused-ring (bicyclic) bond motifs is 8. The van der Waals surface area contributed by atoms with Gasteiger partial charge in [0.1, 0.15) is 0 Å². The summed E-state index contributed by atoms with van der Waals surface area (Å²) >= 11 is 0. The highest BCUT2D eigenvalue weighted by Gasteiger charge is 2.60. The Morgan fingerprint density at radius 3 is 1.68 bits per heavy atom. The zero-order valence-electron chi connectivity index (χ0n) is 50.2. The molecule has 396 valence electrons. The van der Waals surface area contributed by atoms with E-state index in [1.54, 1.807) is 0 Å². The number of nitrogens with zero attached hydrogens (tertiary/aromatic N) is 3. The molecule has 7 aromatic carbocycles. The van der Waals surface area contributed by atoms with Crippen molar-refractivity contribution < 1.29 is 0 Å². The lowest BCUT2D eigenvalue weighted by molar-refractivity contribution is 0.0786. The molecule has 3 aliphatic heterocycles. The number of anilines is 8. The van der Waals surface area contributed by atoms with Gasteiger partial charge in [-0.05, 0) is 207 Å². The van der Waals surface area contributed by atoms with E-state index in [4.69, 9.17) is 0 Å². The van der Waals surface area contributed by atoms with Crippen LogP contribution in [0.3, 0.4) is 0 Å². The van der Waals surface area contributed by atoms with Gasteiger partial charge in [0.15, 0.2) is 0 Å². The van der Waals surface area contributed by atoms with Crippen LogP contribution in [-0.2, 0) is 34.5 Å². The van der Waals surface area contributed by atoms with Crippen molar-refractivity contribution in [2.75, 3.05) is 14.7 Å². The fourth-order valence-corrected chi connectivity index (χ4v) is 15.1. The van der Waals surface area contributed by atoms with E-state index in [0.29, 0.717) is 5.92 Å². The Morgan fingerprint density at radius 2 is 1.06 bits per heavy atom. The molecule has 0 amide bonds. The molecular weight excluding hydrogens is 930 g/mol. The highest BCUT2D eigenvalue weighted by atomic mass is 15.3. The average molecular weight is 1020 g/mol. The number of hydrogen-bond donors (Lipinski definition) is 0. The third-order valence-corrected chi connectivity index (χ3v) is 19.8. The van der Waals surface area contributed by atoms with Gasteiger partial charge in [-0.1, -0.05) is 177 Å². The van der Waals surface area contributed by atoms with Crippen molar-refractivity contribution >= 4 is 68.6 Å². The summed E-state index contributed by atoms with van der Waals surface area (Å²) in [6.45, 7) is 43.5. The van der Waals surface area contributed by atoms with Crippen molar-refractivity contribution in [1.29, 1.82) is 0 Å². The molecule has 1 saturated carbocycles. The first kappa shape index (κ1) is 51.7. The Bertz CT molecular complexity index is 3550. The Hall–Kier alpha value is -6.00. The minimum atomic E-state index is -0.127. The average Bonchev–Trinajstić information content (AvgIpc) is 3.76. The van der Waals surface area contributed by atoms with Crippen molar-refractivity contribution in [3.8, 4) is 11.1 Å². The summed E-state index contributed by atoms with van der Waals surface area (Å²) in [4.78, 5) is 8.21. The second-order valence-corrected chi connectivity index (χ2v) is 30.1. The lowest BCUT2D eigenvalue weighted by Gasteiger charge is -2.54. The van der Waals surface area contributed by atoms with Gasteiger partial charge in [0, 0.05) is 50.8 Å². The van der Waals surface area contributed by atoms with E-state index < -0.39 is 0 Å². The summed E-state index contributed by atoms with van der Waals surface area (Å²) < 4.78 is 0. The van der Waals surface area contributed by atoms with Crippen LogP contribution in [0.2, 0.25) is 0 Å². The van der Waals surface area contributed by atoms with Gasteiger partial charge in [0.05, 0.1) is 11.2 Å². The number of aryl methyl sites for hydroxylation is 2. The van der Waals surface area contributed by atoms with Crippen molar-refractivity contribution in [2.45, 2.75) is 184 Å². The van der Waals surface area contributed by atoms with E-state index in [9.17, 15) is 0 Å². The highest BCUT2D eigenvalue weighted by molar-refractivity contribution is 7.00. The van der Waals surface area contributed by atoms with Gasteiger partial charge in [0.25, 0.3) is 6.71 Å². The van der Waals surface area contributed by atoms with E-state index >= 15 is 0 Å². The normalized spacial score (nSPS) is 21.4. The van der Waals surface area contributed by atoms with Crippen LogP contribution in [0.5, 0.6) is 0 Å². The third-order valence-electron chi connectivity index (χ3n) is 19.8. The molecule has 3 atom stereocenters. The van der Waals surface area contributed by atoms with Crippen molar-refractivity contribution in [2.24, 2.45) is 16.7 Å². The van der Waals surface area contributed by atoms with E-state index in [1.807, 2.05) is 0 Å². The molecule has 4 heteroatoms. The Labute approximate surface area is 464 Å². The molecule has 0 saturated heterocycles. The first-order valence-electron chi connectivity index (χ1n) is 29.3. The highest BCUT2D eigenvalue weighted by Crippen LogP contribution is 2.64. The second-order valence-electron chi connectivity index (χ2n) is 30.1. The van der Waals surface area contributed by atoms with Gasteiger partial charge < -0.3 is 14.7 Å². The Morgan fingerprint density at radius 1 is 0.506 bits per heavy atom. The summed E-state index contributed by atoms with van der Waals surface area (Å²) in [6.07, 6.45) is 5.70. The summed E-state index contributed by atoms with van der Waals surface area (Å²) in [7, 11) is 0. The van der Waals surface area contributed by atoms with E-state index in [-0.39, 0.29) is 44.7 Å². The van der Waals surface area contributed by atoms with Crippen LogP contribution in [0.4, 0.5) is 45.5 Å². The second kappa shape index (κ2) is 17.0. The van der Waals surface area contributed by atoms with E-state index in [1.165, 1.54) is 130 Å². The molecule has 12 rings (SSSR count). The van der Waals surface area contributed by atoms with Crippen molar-refractivity contribution in [1.82, 2.24) is 0 Å². The van der Waals surface area contributed by atoms with Crippen LogP contribution in [0.15, 0.2) is 127 Å². The molecule has 0 bridgehead atoms. The molecule has 77 heavy (non-hydrogen) atoms. The van der Waals surface area contributed by atoms with E-state index in [2.05, 4.69) is 267 Å². The predicted molar refractivity (Wildman–Crippen MR) is 334 cm³/mol. The zero-order chi connectivity index (χ0) is 54.9. The number of benzene rings is 7. The molecule has 3 nitrogen and oxygen atoms in total. The first-order chi connectivity index (χ1) is 36.0. The molecular formula is C73H86BN3. The van der Waals surface area contributed by atoms with Crippen LogP contribution in [0.25, 0.3) is 11.1 Å². The monoisotopic (exact) mass is 1020 g/mol. The molecule has 0 N–H and O–H groups in total. The number of hydrogen-bond acceptors (Lipinski definition) is 3. The maximum atomic E-state index is 2.83. The predicted octanol–water partition coefficient (Wildman–Crippen LogP) is 18.1. The Balaban J connectivity index is 1.14. The quantitative estimate of drug-likeness (QED) is 0.163. The molecule has 5 aliphatic rings. The van der Waals surface area contributed by atoms with Crippen LogP contribution in [0, 0.1) is 30.6 Å². The largest absolute Gasteiger partial charge is 0.334 e. The van der Waals surface area contributed by atoms with Crippen LogP contribution in [0.1, 0.15) is 175 Å². The molecule has 2 aliphatic carbocycles. The fraction of sp³-hybridized carbons (Fsp3) is 0.425. The topological polar surface area (TPSA) is 9.72 Å². The molecule has 3 unspecified atom stereocenters. The SMILES string of the molecule is Cc1cc2c3c(c1)N(c1ccc(C(C)(C)C)cc1-c1ccccc1)c1cc4c(cc1B3c1ccc(N3c5ccc(C(C)(C)C)cc5C5(C)CC(C(C)(C)C)CCC35C)cc1N2c1ccc(C(C)(C)C)cc1C)CC(C)(C)C4. The van der Waals surface area contributed by atoms with Crippen LogP contribution < -0.4 is 31.1 Å². The summed E-state index contributed by atoms with van der Waals surface area (Å²) in [6, 6.07) is 51.4. The minimum Gasteiger partial charge on any atom is -0.334 e. The van der Waals surface area contributed by atoms with Crippen LogP contribution >= 0.6 is 0 Å². The number of rotatable bonds is 4. The fourth-order valence-electron chi connectivity index (χ4n) is 15.1. The third kappa shape index (κ3) is 8.09. The maximum Gasteiger partial charge on any atom is 0.252 e. The summed E-state index contributed by atoms with van der Waals surface area (Å²) in [5.74, 6) is 0.636. The lowest BCUT2D eigenvalue weighted by atomic mass is 9.33. The smallest absolute Gasteiger partial charge is 0.252 e. The van der Waals surface area contributed by atoms with Gasteiger partial charge in [-0.15, -0.1) is 0 Å². The molecule has 0 aromatic heterocycles. The molecule has 3 heterocycles. The molecule has 7 aromatic rings. The van der Waals surface area contributed by atoms with Crippen molar-refractivity contribution in [3.05, 3.63) is 172 Å². The van der Waals surface area contributed by atoms with Crippen LogP contribution in [-0.4, -0.2) is 12.3 Å². The summed E-state index contributed by atoms with van der Waals surface area (Å²) in [5.41, 5.74) is 28.5. The van der Waals surface area contributed by atoms with E-state index in [0.717, 1.165) is 19.3 Å². The van der Waals surface area contributed by atoms with Gasteiger partial charge in [-0.25, -0.2) is 0 Å². The molecule has 0 radical (unpaired) electrons. The van der Waals surface area contributed by atoms with Gasteiger partial charge >= 0.3 is 0 Å². The molecule has 0 spiro atoms. The van der Waals surface area contributed by atoms with Gasteiger partial charge in [-0.2, -0.15) is 0 Å². The first-order valence-corrected chi connectivity index (χ1v) is 29.3. The van der Waals surface area contributed by atoms with Gasteiger partial charge in [-0.3, -0.25) is 0 Å².